The van der Waals surface area contributed by atoms with Gasteiger partial charge in [0, 0.05) is 24.1 Å². The molecule has 1 heterocycles. The summed E-state index contributed by atoms with van der Waals surface area (Å²) in [5, 5.41) is 4.02. The average Bonchev–Trinajstić information content (AvgIpc) is 2.78. The smallest absolute Gasteiger partial charge is 0.167 e. The van der Waals surface area contributed by atoms with Crippen molar-refractivity contribution in [3.63, 3.8) is 0 Å². The van der Waals surface area contributed by atoms with Crippen LogP contribution in [0.4, 0.5) is 10.1 Å². The summed E-state index contributed by atoms with van der Waals surface area (Å²) in [5.41, 5.74) is 6.82. The maximum atomic E-state index is 13.5. The predicted molar refractivity (Wildman–Crippen MR) is 63.3 cm³/mol. The van der Waals surface area contributed by atoms with Crippen LogP contribution in [0.2, 0.25) is 0 Å². The van der Waals surface area contributed by atoms with Crippen LogP contribution in [0.3, 0.4) is 0 Å². The second kappa shape index (κ2) is 4.86. The molecule has 1 aromatic heterocycles. The number of nitrogens with two attached hydrogens (primary N) is 1. The van der Waals surface area contributed by atoms with E-state index in [-0.39, 0.29) is 5.75 Å². The van der Waals surface area contributed by atoms with E-state index in [0.29, 0.717) is 18.8 Å². The van der Waals surface area contributed by atoms with Gasteiger partial charge in [0.05, 0.1) is 6.54 Å². The maximum absolute atomic E-state index is 13.5. The second-order valence-corrected chi connectivity index (χ2v) is 3.76. The summed E-state index contributed by atoms with van der Waals surface area (Å²) in [4.78, 5) is 0. The van der Waals surface area contributed by atoms with E-state index in [2.05, 4.69) is 5.10 Å². The van der Waals surface area contributed by atoms with Gasteiger partial charge in [-0.15, -0.1) is 0 Å². The highest BCUT2D eigenvalue weighted by Crippen LogP contribution is 2.23. The Morgan fingerprint density at radius 3 is 3.00 bits per heavy atom. The number of hydrogen-bond acceptors (Lipinski definition) is 3. The highest BCUT2D eigenvalue weighted by atomic mass is 19.1. The van der Waals surface area contributed by atoms with E-state index in [1.807, 2.05) is 19.2 Å². The number of halogens is 1. The molecular weight excluding hydrogens is 221 g/mol. The van der Waals surface area contributed by atoms with Crippen molar-refractivity contribution in [2.24, 2.45) is 0 Å². The first kappa shape index (κ1) is 11.4. The number of benzene rings is 1. The third-order valence-corrected chi connectivity index (χ3v) is 2.46. The predicted octanol–water partition coefficient (Wildman–Crippen LogP) is 1.99. The van der Waals surface area contributed by atoms with Gasteiger partial charge in [-0.05, 0) is 24.6 Å². The molecule has 0 aliphatic rings. The fourth-order valence-electron chi connectivity index (χ4n) is 1.46. The van der Waals surface area contributed by atoms with Gasteiger partial charge in [0.1, 0.15) is 6.61 Å². The van der Waals surface area contributed by atoms with Crippen LogP contribution in [0, 0.1) is 12.7 Å². The molecule has 17 heavy (non-hydrogen) atoms. The van der Waals surface area contributed by atoms with E-state index in [1.54, 1.807) is 16.9 Å². The number of hydrogen-bond donors (Lipinski definition) is 1. The molecule has 0 radical (unpaired) electrons. The first-order valence-corrected chi connectivity index (χ1v) is 5.32. The number of nitrogen functional groups attached to an aromatic ring is 1. The van der Waals surface area contributed by atoms with Gasteiger partial charge in [0.15, 0.2) is 11.6 Å². The Hall–Kier alpha value is -2.04. The van der Waals surface area contributed by atoms with Crippen LogP contribution < -0.4 is 10.5 Å². The zero-order chi connectivity index (χ0) is 12.3. The summed E-state index contributed by atoms with van der Waals surface area (Å²) in [6.45, 7) is 2.76. The molecule has 0 spiro atoms. The lowest BCUT2D eigenvalue weighted by molar-refractivity contribution is 0.278. The van der Waals surface area contributed by atoms with Crippen LogP contribution in [-0.2, 0) is 6.54 Å². The first-order valence-electron chi connectivity index (χ1n) is 5.32. The van der Waals surface area contributed by atoms with Crippen LogP contribution in [0.25, 0.3) is 0 Å². The number of nitrogens with zero attached hydrogens (tertiary/aromatic N) is 2. The molecule has 0 fully saturated rings. The van der Waals surface area contributed by atoms with Crippen molar-refractivity contribution in [2.75, 3.05) is 12.3 Å². The Labute approximate surface area is 98.8 Å². The summed E-state index contributed by atoms with van der Waals surface area (Å²) in [6, 6.07) is 4.71. The number of rotatable bonds is 4. The quantitative estimate of drug-likeness (QED) is 0.824. The third-order valence-electron chi connectivity index (χ3n) is 2.46. The van der Waals surface area contributed by atoms with E-state index in [0.717, 1.165) is 5.56 Å². The van der Waals surface area contributed by atoms with Gasteiger partial charge in [0.2, 0.25) is 0 Å². The Kier molecular flexibility index (Phi) is 3.27. The standard InChI is InChI=1S/C12H14FN3O/c1-9-7-12(10(13)8-11(9)14)17-6-5-16-4-2-3-15-16/h2-4,7-8H,5-6,14H2,1H3. The molecule has 0 saturated heterocycles. The van der Waals surface area contributed by atoms with E-state index in [9.17, 15) is 4.39 Å². The van der Waals surface area contributed by atoms with Gasteiger partial charge in [0.25, 0.3) is 0 Å². The van der Waals surface area contributed by atoms with E-state index in [4.69, 9.17) is 10.5 Å². The van der Waals surface area contributed by atoms with Gasteiger partial charge in [-0.3, -0.25) is 4.68 Å². The molecule has 0 aliphatic heterocycles. The SMILES string of the molecule is Cc1cc(OCCn2cccn2)c(F)cc1N. The summed E-state index contributed by atoms with van der Waals surface area (Å²) < 4.78 is 20.5. The van der Waals surface area contributed by atoms with Crippen LogP contribution in [0.1, 0.15) is 5.56 Å². The largest absolute Gasteiger partial charge is 0.489 e. The van der Waals surface area contributed by atoms with Crippen molar-refractivity contribution in [2.45, 2.75) is 13.5 Å². The normalized spacial score (nSPS) is 10.5. The van der Waals surface area contributed by atoms with E-state index >= 15 is 0 Å². The number of ether oxygens (including phenoxy) is 1. The Morgan fingerprint density at radius 1 is 1.47 bits per heavy atom. The van der Waals surface area contributed by atoms with Crippen molar-refractivity contribution in [1.82, 2.24) is 9.78 Å². The van der Waals surface area contributed by atoms with Gasteiger partial charge < -0.3 is 10.5 Å². The fourth-order valence-corrected chi connectivity index (χ4v) is 1.46. The summed E-state index contributed by atoms with van der Waals surface area (Å²) in [5.74, 6) is -0.211. The first-order chi connectivity index (χ1) is 8.16. The highest BCUT2D eigenvalue weighted by Gasteiger charge is 2.06. The molecule has 2 aromatic rings. The molecule has 0 amide bonds. The zero-order valence-electron chi connectivity index (χ0n) is 9.56. The third kappa shape index (κ3) is 2.75. The fraction of sp³-hybridized carbons (Fsp3) is 0.250. The Balaban J connectivity index is 1.97. The average molecular weight is 235 g/mol. The lowest BCUT2D eigenvalue weighted by atomic mass is 10.2. The molecule has 90 valence electrons. The van der Waals surface area contributed by atoms with Gasteiger partial charge in [-0.1, -0.05) is 0 Å². The minimum atomic E-state index is -0.437. The molecule has 0 aliphatic carbocycles. The van der Waals surface area contributed by atoms with Crippen LogP contribution in [0.15, 0.2) is 30.6 Å². The van der Waals surface area contributed by atoms with Crippen LogP contribution >= 0.6 is 0 Å². The molecular formula is C12H14FN3O. The summed E-state index contributed by atoms with van der Waals surface area (Å²) in [6.07, 6.45) is 3.52. The van der Waals surface area contributed by atoms with Gasteiger partial charge >= 0.3 is 0 Å². The number of aryl methyl sites for hydroxylation is 1. The van der Waals surface area contributed by atoms with E-state index in [1.165, 1.54) is 6.07 Å². The molecule has 0 unspecified atom stereocenters. The molecule has 0 bridgehead atoms. The van der Waals surface area contributed by atoms with E-state index < -0.39 is 5.82 Å². The van der Waals surface area contributed by atoms with Crippen molar-refractivity contribution in [3.8, 4) is 5.75 Å². The van der Waals surface area contributed by atoms with Crippen molar-refractivity contribution in [1.29, 1.82) is 0 Å². The molecule has 2 N–H and O–H groups in total. The molecule has 0 atom stereocenters. The minimum absolute atomic E-state index is 0.226. The Morgan fingerprint density at radius 2 is 2.29 bits per heavy atom. The molecule has 4 nitrogen and oxygen atoms in total. The molecule has 1 aromatic carbocycles. The minimum Gasteiger partial charge on any atom is -0.489 e. The topological polar surface area (TPSA) is 53.1 Å². The second-order valence-electron chi connectivity index (χ2n) is 3.76. The lowest BCUT2D eigenvalue weighted by Crippen LogP contribution is -2.09. The molecule has 2 rings (SSSR count). The zero-order valence-corrected chi connectivity index (χ0v) is 9.56. The highest BCUT2D eigenvalue weighted by molar-refractivity contribution is 5.50. The molecule has 0 saturated carbocycles. The lowest BCUT2D eigenvalue weighted by Gasteiger charge is -2.09. The van der Waals surface area contributed by atoms with Crippen molar-refractivity contribution < 1.29 is 9.13 Å². The number of aromatic nitrogens is 2. The van der Waals surface area contributed by atoms with Crippen molar-refractivity contribution in [3.05, 3.63) is 42.0 Å². The van der Waals surface area contributed by atoms with Crippen LogP contribution in [-0.4, -0.2) is 16.4 Å². The van der Waals surface area contributed by atoms with Crippen LogP contribution in [0.5, 0.6) is 5.75 Å². The Bertz CT molecular complexity index is 497. The van der Waals surface area contributed by atoms with Gasteiger partial charge in [-0.2, -0.15) is 5.10 Å². The van der Waals surface area contributed by atoms with Crippen molar-refractivity contribution >= 4 is 5.69 Å². The summed E-state index contributed by atoms with van der Waals surface area (Å²) in [7, 11) is 0. The monoisotopic (exact) mass is 235 g/mol. The van der Waals surface area contributed by atoms with Gasteiger partial charge in [-0.25, -0.2) is 4.39 Å². The summed E-state index contributed by atoms with van der Waals surface area (Å²) >= 11 is 0. The maximum Gasteiger partial charge on any atom is 0.167 e. The molecule has 5 heteroatoms. The number of anilines is 1.